The third kappa shape index (κ3) is 4.09. The third-order valence-corrected chi connectivity index (χ3v) is 3.34. The first-order valence-corrected chi connectivity index (χ1v) is 6.11. The maximum Gasteiger partial charge on any atom is 0.0866 e. The highest BCUT2D eigenvalue weighted by molar-refractivity contribution is 4.88. The molecule has 4 nitrogen and oxygen atoms in total. The molecule has 1 saturated heterocycles. The molecule has 1 aliphatic heterocycles. The van der Waals surface area contributed by atoms with Crippen LogP contribution in [0.4, 0.5) is 0 Å². The van der Waals surface area contributed by atoms with Gasteiger partial charge in [-0.25, -0.2) is 0 Å². The molecule has 0 amide bonds. The number of nitriles is 1. The van der Waals surface area contributed by atoms with Crippen molar-refractivity contribution >= 4 is 0 Å². The summed E-state index contributed by atoms with van der Waals surface area (Å²) in [6.07, 6.45) is 1.15. The summed E-state index contributed by atoms with van der Waals surface area (Å²) < 4.78 is 0. The minimum atomic E-state index is 0.182. The fraction of sp³-hybridized carbons (Fsp3) is 0.917. The molecule has 4 heteroatoms. The van der Waals surface area contributed by atoms with Crippen LogP contribution in [-0.2, 0) is 0 Å². The minimum Gasteiger partial charge on any atom is -0.395 e. The van der Waals surface area contributed by atoms with Gasteiger partial charge < -0.3 is 10.4 Å². The number of likely N-dealkylation sites (tertiary alicyclic amines) is 1. The molecule has 0 aromatic heterocycles. The summed E-state index contributed by atoms with van der Waals surface area (Å²) in [6, 6.07) is 2.64. The Morgan fingerprint density at radius 1 is 1.50 bits per heavy atom. The molecule has 0 radical (unpaired) electrons. The lowest BCUT2D eigenvalue weighted by Gasteiger charge is -2.38. The highest BCUT2D eigenvalue weighted by Crippen LogP contribution is 2.23. The predicted octanol–water partition coefficient (Wildman–Crippen LogP) is 0.438. The Labute approximate surface area is 98.2 Å². The van der Waals surface area contributed by atoms with Gasteiger partial charge in [0.2, 0.25) is 0 Å². The SMILES string of the molecule is CC(C)C1CC(NCCO)CN(CC#N)C1. The second-order valence-corrected chi connectivity index (χ2v) is 4.97. The number of aliphatic hydroxyl groups is 1. The van der Waals surface area contributed by atoms with E-state index in [1.165, 1.54) is 0 Å². The van der Waals surface area contributed by atoms with Crippen molar-refractivity contribution in [2.24, 2.45) is 11.8 Å². The molecule has 0 saturated carbocycles. The van der Waals surface area contributed by atoms with E-state index < -0.39 is 0 Å². The largest absolute Gasteiger partial charge is 0.395 e. The number of hydrogen-bond acceptors (Lipinski definition) is 4. The van der Waals surface area contributed by atoms with Crippen LogP contribution in [0.15, 0.2) is 0 Å². The zero-order chi connectivity index (χ0) is 12.0. The summed E-state index contributed by atoms with van der Waals surface area (Å²) in [4.78, 5) is 2.21. The second-order valence-electron chi connectivity index (χ2n) is 4.97. The maximum absolute atomic E-state index is 8.81. The molecule has 1 heterocycles. The summed E-state index contributed by atoms with van der Waals surface area (Å²) in [5, 5.41) is 20.9. The Kier molecular flexibility index (Phi) is 5.75. The zero-order valence-electron chi connectivity index (χ0n) is 10.3. The topological polar surface area (TPSA) is 59.3 Å². The van der Waals surface area contributed by atoms with Crippen LogP contribution >= 0.6 is 0 Å². The molecule has 16 heavy (non-hydrogen) atoms. The third-order valence-electron chi connectivity index (χ3n) is 3.34. The van der Waals surface area contributed by atoms with Gasteiger partial charge in [-0.2, -0.15) is 5.26 Å². The lowest BCUT2D eigenvalue weighted by molar-refractivity contribution is 0.124. The Bertz CT molecular complexity index is 237. The standard InChI is InChI=1S/C12H23N3O/c1-10(2)11-7-12(14-4-6-16)9-15(8-11)5-3-13/h10-12,14,16H,4-9H2,1-2H3. The Morgan fingerprint density at radius 3 is 2.81 bits per heavy atom. The van der Waals surface area contributed by atoms with Crippen LogP contribution in [0, 0.1) is 23.2 Å². The molecular weight excluding hydrogens is 202 g/mol. The number of piperidine rings is 1. The quantitative estimate of drug-likeness (QED) is 0.667. The van der Waals surface area contributed by atoms with Crippen molar-refractivity contribution in [3.63, 3.8) is 0 Å². The first kappa shape index (κ1) is 13.4. The summed E-state index contributed by atoms with van der Waals surface area (Å²) in [6.45, 7) is 7.78. The van der Waals surface area contributed by atoms with Crippen LogP contribution in [0.3, 0.4) is 0 Å². The fourth-order valence-corrected chi connectivity index (χ4v) is 2.36. The number of aliphatic hydroxyl groups excluding tert-OH is 1. The van der Waals surface area contributed by atoms with Gasteiger partial charge in [0.25, 0.3) is 0 Å². The van der Waals surface area contributed by atoms with Crippen LogP contribution in [0.2, 0.25) is 0 Å². The van der Waals surface area contributed by atoms with Crippen LogP contribution in [0.1, 0.15) is 20.3 Å². The summed E-state index contributed by atoms with van der Waals surface area (Å²) in [7, 11) is 0. The van der Waals surface area contributed by atoms with E-state index in [4.69, 9.17) is 10.4 Å². The Morgan fingerprint density at radius 2 is 2.25 bits per heavy atom. The van der Waals surface area contributed by atoms with Gasteiger partial charge in [-0.3, -0.25) is 4.90 Å². The van der Waals surface area contributed by atoms with Gasteiger partial charge in [0.1, 0.15) is 0 Å². The number of hydrogen-bond donors (Lipinski definition) is 2. The predicted molar refractivity (Wildman–Crippen MR) is 63.9 cm³/mol. The van der Waals surface area contributed by atoms with Gasteiger partial charge in [-0.05, 0) is 18.3 Å². The molecule has 0 aliphatic carbocycles. The van der Waals surface area contributed by atoms with Gasteiger partial charge in [0.05, 0.1) is 19.2 Å². The van der Waals surface area contributed by atoms with E-state index in [0.717, 1.165) is 19.5 Å². The average Bonchev–Trinajstić information content (AvgIpc) is 2.26. The van der Waals surface area contributed by atoms with Crippen LogP contribution in [-0.4, -0.2) is 48.8 Å². The summed E-state index contributed by atoms with van der Waals surface area (Å²) >= 11 is 0. The van der Waals surface area contributed by atoms with Crippen molar-refractivity contribution in [3.8, 4) is 6.07 Å². The van der Waals surface area contributed by atoms with E-state index in [1.54, 1.807) is 0 Å². The van der Waals surface area contributed by atoms with Crippen molar-refractivity contribution in [1.29, 1.82) is 5.26 Å². The molecule has 0 bridgehead atoms. The first-order valence-electron chi connectivity index (χ1n) is 6.11. The van der Waals surface area contributed by atoms with Crippen molar-refractivity contribution in [3.05, 3.63) is 0 Å². The van der Waals surface area contributed by atoms with Gasteiger partial charge in [-0.1, -0.05) is 13.8 Å². The van der Waals surface area contributed by atoms with Crippen LogP contribution < -0.4 is 5.32 Å². The number of nitrogens with one attached hydrogen (secondary N) is 1. The van der Waals surface area contributed by atoms with E-state index in [9.17, 15) is 0 Å². The highest BCUT2D eigenvalue weighted by Gasteiger charge is 2.28. The first-order chi connectivity index (χ1) is 7.67. The van der Waals surface area contributed by atoms with Gasteiger partial charge in [0.15, 0.2) is 0 Å². The van der Waals surface area contributed by atoms with Crippen LogP contribution in [0.5, 0.6) is 0 Å². The monoisotopic (exact) mass is 225 g/mol. The Balaban J connectivity index is 2.49. The van der Waals surface area contributed by atoms with E-state index in [1.807, 2.05) is 0 Å². The Hall–Kier alpha value is -0.630. The van der Waals surface area contributed by atoms with Crippen molar-refractivity contribution < 1.29 is 5.11 Å². The molecule has 2 atom stereocenters. The summed E-state index contributed by atoms with van der Waals surface area (Å²) in [5.41, 5.74) is 0. The van der Waals surface area contributed by atoms with E-state index >= 15 is 0 Å². The van der Waals surface area contributed by atoms with E-state index in [-0.39, 0.29) is 6.61 Å². The van der Waals surface area contributed by atoms with Crippen molar-refractivity contribution in [2.45, 2.75) is 26.3 Å². The molecule has 1 aliphatic rings. The molecule has 92 valence electrons. The fourth-order valence-electron chi connectivity index (χ4n) is 2.36. The molecule has 0 aromatic rings. The van der Waals surface area contributed by atoms with E-state index in [2.05, 4.69) is 30.1 Å². The van der Waals surface area contributed by atoms with Gasteiger partial charge in [-0.15, -0.1) is 0 Å². The van der Waals surface area contributed by atoms with Crippen LogP contribution in [0.25, 0.3) is 0 Å². The molecule has 0 spiro atoms. The maximum atomic E-state index is 8.81. The second kappa shape index (κ2) is 6.85. The van der Waals surface area contributed by atoms with E-state index in [0.29, 0.717) is 31.0 Å². The molecule has 1 rings (SSSR count). The van der Waals surface area contributed by atoms with Crippen molar-refractivity contribution in [1.82, 2.24) is 10.2 Å². The molecule has 2 N–H and O–H groups in total. The molecular formula is C12H23N3O. The van der Waals surface area contributed by atoms with Gasteiger partial charge in [0, 0.05) is 25.7 Å². The molecule has 0 aromatic carbocycles. The average molecular weight is 225 g/mol. The smallest absolute Gasteiger partial charge is 0.0866 e. The number of nitrogens with zero attached hydrogens (tertiary/aromatic N) is 2. The number of rotatable bonds is 5. The van der Waals surface area contributed by atoms with Crippen molar-refractivity contribution in [2.75, 3.05) is 32.8 Å². The van der Waals surface area contributed by atoms with Gasteiger partial charge >= 0.3 is 0 Å². The highest BCUT2D eigenvalue weighted by atomic mass is 16.3. The molecule has 1 fully saturated rings. The zero-order valence-corrected chi connectivity index (χ0v) is 10.3. The normalized spacial score (nSPS) is 26.9. The minimum absolute atomic E-state index is 0.182. The summed E-state index contributed by atoms with van der Waals surface area (Å²) in [5.74, 6) is 1.30. The molecule has 2 unspecified atom stereocenters. The lowest BCUT2D eigenvalue weighted by Crippen LogP contribution is -2.50. The lowest BCUT2D eigenvalue weighted by atomic mass is 9.85.